The van der Waals surface area contributed by atoms with Gasteiger partial charge in [0.1, 0.15) is 12.4 Å². The van der Waals surface area contributed by atoms with E-state index in [-0.39, 0.29) is 12.6 Å². The fraction of sp³-hybridized carbons (Fsp3) is 0.304. The van der Waals surface area contributed by atoms with Gasteiger partial charge in [-0.1, -0.05) is 43.3 Å². The normalized spacial score (nSPS) is 15.9. The van der Waals surface area contributed by atoms with Crippen LogP contribution < -0.4 is 15.4 Å². The van der Waals surface area contributed by atoms with Crippen LogP contribution in [0.1, 0.15) is 31.9 Å². The Bertz CT molecular complexity index is 914. The summed E-state index contributed by atoms with van der Waals surface area (Å²) >= 11 is 1.62. The van der Waals surface area contributed by atoms with E-state index < -0.39 is 12.0 Å². The van der Waals surface area contributed by atoms with Crippen molar-refractivity contribution in [3.05, 3.63) is 71.4 Å². The predicted molar refractivity (Wildman–Crippen MR) is 117 cm³/mol. The van der Waals surface area contributed by atoms with Crippen LogP contribution in [0.2, 0.25) is 0 Å². The van der Waals surface area contributed by atoms with Gasteiger partial charge in [-0.15, -0.1) is 11.8 Å². The van der Waals surface area contributed by atoms with Gasteiger partial charge in [0.25, 0.3) is 0 Å². The van der Waals surface area contributed by atoms with Gasteiger partial charge in [0.2, 0.25) is 0 Å². The van der Waals surface area contributed by atoms with Gasteiger partial charge in [0.05, 0.1) is 18.2 Å². The van der Waals surface area contributed by atoms with Crippen LogP contribution in [-0.2, 0) is 9.53 Å². The summed E-state index contributed by atoms with van der Waals surface area (Å²) in [5, 5.41) is 5.50. The number of ether oxygens (including phenoxy) is 2. The van der Waals surface area contributed by atoms with E-state index in [4.69, 9.17) is 9.47 Å². The van der Waals surface area contributed by atoms with Gasteiger partial charge in [-0.25, -0.2) is 9.59 Å². The molecule has 30 heavy (non-hydrogen) atoms. The molecule has 0 saturated carbocycles. The molecule has 0 spiro atoms. The van der Waals surface area contributed by atoms with Crippen molar-refractivity contribution in [2.24, 2.45) is 0 Å². The number of benzene rings is 2. The zero-order chi connectivity index (χ0) is 21.3. The lowest BCUT2D eigenvalue weighted by Gasteiger charge is -2.29. The van der Waals surface area contributed by atoms with Gasteiger partial charge in [0.15, 0.2) is 0 Å². The summed E-state index contributed by atoms with van der Waals surface area (Å²) in [6, 6.07) is 16.4. The van der Waals surface area contributed by atoms with E-state index >= 15 is 0 Å². The highest BCUT2D eigenvalue weighted by molar-refractivity contribution is 7.99. The lowest BCUT2D eigenvalue weighted by Crippen LogP contribution is -2.45. The minimum absolute atomic E-state index is 0.268. The molecular weight excluding hydrogens is 400 g/mol. The molecule has 2 N–H and O–H groups in total. The van der Waals surface area contributed by atoms with Crippen molar-refractivity contribution in [1.82, 2.24) is 10.6 Å². The molecule has 3 rings (SSSR count). The van der Waals surface area contributed by atoms with Crippen molar-refractivity contribution in [1.29, 1.82) is 0 Å². The van der Waals surface area contributed by atoms with Crippen LogP contribution in [0, 0.1) is 0 Å². The summed E-state index contributed by atoms with van der Waals surface area (Å²) in [6.45, 7) is 4.55. The molecule has 0 aliphatic carbocycles. The van der Waals surface area contributed by atoms with Gasteiger partial charge in [0, 0.05) is 21.9 Å². The first-order valence-corrected chi connectivity index (χ1v) is 10.9. The summed E-state index contributed by atoms with van der Waals surface area (Å²) in [7, 11) is 0. The van der Waals surface area contributed by atoms with Crippen molar-refractivity contribution in [3.8, 4) is 5.75 Å². The second-order valence-corrected chi connectivity index (χ2v) is 7.92. The van der Waals surface area contributed by atoms with Crippen LogP contribution in [0.5, 0.6) is 5.75 Å². The Morgan fingerprint density at radius 2 is 1.80 bits per heavy atom. The largest absolute Gasteiger partial charge is 0.493 e. The molecule has 1 heterocycles. The number of rotatable bonds is 9. The smallest absolute Gasteiger partial charge is 0.338 e. The molecule has 0 bridgehead atoms. The summed E-state index contributed by atoms with van der Waals surface area (Å²) < 4.78 is 11.4. The van der Waals surface area contributed by atoms with Crippen LogP contribution in [0.3, 0.4) is 0 Å². The fourth-order valence-electron chi connectivity index (χ4n) is 3.15. The monoisotopic (exact) mass is 426 g/mol. The van der Waals surface area contributed by atoms with Gasteiger partial charge in [-0.2, -0.15) is 0 Å². The standard InChI is InChI=1S/C23H26N2O4S/c1-3-13-28-19-12-8-7-11-18(19)21-20(16(2)24-23(27)25-21)22(26)29-14-15-30-17-9-5-4-6-10-17/h4-12,21H,3,13-15H2,1-2H3,(H2,24,25,27). The van der Waals surface area contributed by atoms with E-state index in [1.165, 1.54) is 0 Å². The molecule has 2 aromatic rings. The Kier molecular flexibility index (Phi) is 7.79. The molecule has 0 fully saturated rings. The minimum atomic E-state index is -0.638. The summed E-state index contributed by atoms with van der Waals surface area (Å²) in [5.74, 6) is 0.830. The van der Waals surface area contributed by atoms with Crippen molar-refractivity contribution in [2.45, 2.75) is 31.2 Å². The van der Waals surface area contributed by atoms with Crippen LogP contribution in [0.25, 0.3) is 0 Å². The highest BCUT2D eigenvalue weighted by atomic mass is 32.2. The van der Waals surface area contributed by atoms with Gasteiger partial charge < -0.3 is 20.1 Å². The maximum Gasteiger partial charge on any atom is 0.338 e. The number of esters is 1. The Morgan fingerprint density at radius 3 is 2.57 bits per heavy atom. The van der Waals surface area contributed by atoms with Crippen LogP contribution >= 0.6 is 11.8 Å². The molecule has 0 radical (unpaired) electrons. The zero-order valence-corrected chi connectivity index (χ0v) is 18.0. The second-order valence-electron chi connectivity index (χ2n) is 6.75. The Labute approximate surface area is 181 Å². The van der Waals surface area contributed by atoms with E-state index in [0.717, 1.165) is 16.9 Å². The molecule has 6 nitrogen and oxygen atoms in total. The highest BCUT2D eigenvalue weighted by Crippen LogP contribution is 2.33. The molecular formula is C23H26N2O4S. The number of carbonyl (C=O) groups excluding carboxylic acids is 2. The van der Waals surface area contributed by atoms with E-state index in [1.54, 1.807) is 18.7 Å². The molecule has 0 saturated heterocycles. The van der Waals surface area contributed by atoms with E-state index in [9.17, 15) is 9.59 Å². The molecule has 1 atom stereocenters. The average Bonchev–Trinajstić information content (AvgIpc) is 2.75. The molecule has 2 aromatic carbocycles. The van der Waals surface area contributed by atoms with Crippen LogP contribution in [-0.4, -0.2) is 31.0 Å². The predicted octanol–water partition coefficient (Wildman–Crippen LogP) is 4.44. The molecule has 1 unspecified atom stereocenters. The molecule has 7 heteroatoms. The first kappa shape index (κ1) is 21.8. The number of hydrogen-bond acceptors (Lipinski definition) is 5. The number of nitrogens with one attached hydrogen (secondary N) is 2. The quantitative estimate of drug-likeness (QED) is 0.352. The fourth-order valence-corrected chi connectivity index (χ4v) is 3.90. The average molecular weight is 427 g/mol. The number of thioether (sulfide) groups is 1. The van der Waals surface area contributed by atoms with Crippen molar-refractivity contribution in [3.63, 3.8) is 0 Å². The van der Waals surface area contributed by atoms with E-state index in [2.05, 4.69) is 10.6 Å². The third-order valence-corrected chi connectivity index (χ3v) is 5.49. The van der Waals surface area contributed by atoms with Gasteiger partial charge >= 0.3 is 12.0 Å². The summed E-state index contributed by atoms with van der Waals surface area (Å²) in [5.41, 5.74) is 1.59. The maximum absolute atomic E-state index is 12.9. The number of amides is 2. The van der Waals surface area contributed by atoms with E-state index in [1.807, 2.05) is 61.5 Å². The Hall–Kier alpha value is -2.93. The Morgan fingerprint density at radius 1 is 1.07 bits per heavy atom. The van der Waals surface area contributed by atoms with Crippen molar-refractivity contribution < 1.29 is 19.1 Å². The third kappa shape index (κ3) is 5.57. The SMILES string of the molecule is CCCOc1ccccc1C1NC(=O)NC(C)=C1C(=O)OCCSc1ccccc1. The number of urea groups is 1. The number of para-hydroxylation sites is 1. The third-order valence-electron chi connectivity index (χ3n) is 4.51. The maximum atomic E-state index is 12.9. The van der Waals surface area contributed by atoms with Crippen molar-refractivity contribution in [2.75, 3.05) is 19.0 Å². The molecule has 158 valence electrons. The lowest BCUT2D eigenvalue weighted by molar-refractivity contribution is -0.138. The van der Waals surface area contributed by atoms with Crippen molar-refractivity contribution >= 4 is 23.8 Å². The lowest BCUT2D eigenvalue weighted by atomic mass is 9.95. The van der Waals surface area contributed by atoms with Crippen LogP contribution in [0.15, 0.2) is 70.8 Å². The molecule has 2 amide bonds. The van der Waals surface area contributed by atoms with Gasteiger partial charge in [-0.05, 0) is 31.5 Å². The zero-order valence-electron chi connectivity index (χ0n) is 17.1. The minimum Gasteiger partial charge on any atom is -0.493 e. The molecule has 1 aliphatic rings. The second kappa shape index (κ2) is 10.7. The molecule has 0 aromatic heterocycles. The number of hydrogen-bond donors (Lipinski definition) is 2. The summed E-state index contributed by atoms with van der Waals surface area (Å²) in [6.07, 6.45) is 0.857. The van der Waals surface area contributed by atoms with Crippen LogP contribution in [0.4, 0.5) is 4.79 Å². The van der Waals surface area contributed by atoms with E-state index in [0.29, 0.717) is 29.4 Å². The highest BCUT2D eigenvalue weighted by Gasteiger charge is 2.33. The topological polar surface area (TPSA) is 76.7 Å². The summed E-state index contributed by atoms with van der Waals surface area (Å²) in [4.78, 5) is 26.2. The first-order chi connectivity index (χ1) is 14.6. The Balaban J connectivity index is 1.73. The first-order valence-electron chi connectivity index (χ1n) is 9.95. The molecule has 1 aliphatic heterocycles. The number of allylic oxidation sites excluding steroid dienone is 1. The van der Waals surface area contributed by atoms with Gasteiger partial charge in [-0.3, -0.25) is 0 Å². The number of carbonyl (C=O) groups is 2.